The molecular formula is C9H17NO2. The Morgan fingerprint density at radius 2 is 1.92 bits per heavy atom. The minimum atomic E-state index is -0.309. The molecule has 0 saturated carbocycles. The third-order valence-corrected chi connectivity index (χ3v) is 1.78. The average Bonchev–Trinajstić information content (AvgIpc) is 2.00. The largest absolute Gasteiger partial charge is 0.336 e. The number of hydrogen-bond acceptors (Lipinski definition) is 2. The third kappa shape index (κ3) is 3.51. The van der Waals surface area contributed by atoms with E-state index >= 15 is 0 Å². The molecule has 0 spiro atoms. The van der Waals surface area contributed by atoms with E-state index in [2.05, 4.69) is 0 Å². The maximum atomic E-state index is 11.3. The Hall–Kier alpha value is -0.860. The van der Waals surface area contributed by atoms with Crippen LogP contribution in [-0.2, 0) is 9.59 Å². The van der Waals surface area contributed by atoms with E-state index in [-0.39, 0.29) is 11.9 Å². The standard InChI is InChI=1S/C9H17NO2/c1-7(2)5-9(12)10(4)8(3)6-11/h6-8H,5H2,1-4H3. The van der Waals surface area contributed by atoms with Crippen molar-refractivity contribution in [3.8, 4) is 0 Å². The van der Waals surface area contributed by atoms with Crippen LogP contribution in [0.2, 0.25) is 0 Å². The highest BCUT2D eigenvalue weighted by Crippen LogP contribution is 2.04. The third-order valence-electron chi connectivity index (χ3n) is 1.78. The molecule has 0 rings (SSSR count). The van der Waals surface area contributed by atoms with Crippen molar-refractivity contribution in [3.05, 3.63) is 0 Å². The van der Waals surface area contributed by atoms with Crippen LogP contribution in [0, 0.1) is 5.92 Å². The van der Waals surface area contributed by atoms with Gasteiger partial charge < -0.3 is 9.69 Å². The second-order valence-corrected chi connectivity index (χ2v) is 3.48. The van der Waals surface area contributed by atoms with E-state index in [4.69, 9.17) is 0 Å². The first kappa shape index (κ1) is 11.1. The Kier molecular flexibility index (Phi) is 4.55. The molecular weight excluding hydrogens is 154 g/mol. The van der Waals surface area contributed by atoms with E-state index in [1.54, 1.807) is 14.0 Å². The molecule has 1 atom stereocenters. The number of carbonyl (C=O) groups excluding carboxylic acids is 2. The Balaban J connectivity index is 4.00. The Bertz CT molecular complexity index is 166. The fourth-order valence-corrected chi connectivity index (χ4v) is 0.812. The molecule has 3 nitrogen and oxygen atoms in total. The van der Waals surface area contributed by atoms with Crippen LogP contribution in [-0.4, -0.2) is 30.2 Å². The smallest absolute Gasteiger partial charge is 0.223 e. The van der Waals surface area contributed by atoms with Gasteiger partial charge in [0.2, 0.25) is 5.91 Å². The van der Waals surface area contributed by atoms with Crippen LogP contribution in [0.25, 0.3) is 0 Å². The molecule has 0 saturated heterocycles. The summed E-state index contributed by atoms with van der Waals surface area (Å²) in [6.07, 6.45) is 1.28. The fraction of sp³-hybridized carbons (Fsp3) is 0.778. The number of carbonyl (C=O) groups is 2. The lowest BCUT2D eigenvalue weighted by atomic mass is 10.1. The minimum Gasteiger partial charge on any atom is -0.336 e. The zero-order valence-corrected chi connectivity index (χ0v) is 8.20. The van der Waals surface area contributed by atoms with Gasteiger partial charge in [-0.2, -0.15) is 0 Å². The molecule has 0 N–H and O–H groups in total. The fourth-order valence-electron chi connectivity index (χ4n) is 0.812. The van der Waals surface area contributed by atoms with Crippen LogP contribution in [0.15, 0.2) is 0 Å². The van der Waals surface area contributed by atoms with Crippen molar-refractivity contribution in [1.29, 1.82) is 0 Å². The van der Waals surface area contributed by atoms with Crippen molar-refractivity contribution in [2.24, 2.45) is 5.92 Å². The van der Waals surface area contributed by atoms with Gasteiger partial charge in [-0.15, -0.1) is 0 Å². The molecule has 0 aliphatic rings. The first-order chi connectivity index (χ1) is 5.49. The highest BCUT2D eigenvalue weighted by molar-refractivity contribution is 5.79. The van der Waals surface area contributed by atoms with Gasteiger partial charge in [0.15, 0.2) is 0 Å². The van der Waals surface area contributed by atoms with E-state index in [0.717, 1.165) is 6.29 Å². The maximum absolute atomic E-state index is 11.3. The summed E-state index contributed by atoms with van der Waals surface area (Å²) in [5.41, 5.74) is 0. The van der Waals surface area contributed by atoms with Gasteiger partial charge in [-0.25, -0.2) is 0 Å². The average molecular weight is 171 g/mol. The molecule has 0 heterocycles. The summed E-state index contributed by atoms with van der Waals surface area (Å²) in [6, 6.07) is -0.309. The van der Waals surface area contributed by atoms with E-state index in [1.165, 1.54) is 4.90 Å². The van der Waals surface area contributed by atoms with Gasteiger partial charge in [-0.1, -0.05) is 13.8 Å². The second-order valence-electron chi connectivity index (χ2n) is 3.48. The molecule has 0 aromatic carbocycles. The predicted molar refractivity (Wildman–Crippen MR) is 47.8 cm³/mol. The summed E-state index contributed by atoms with van der Waals surface area (Å²) < 4.78 is 0. The summed E-state index contributed by atoms with van der Waals surface area (Å²) in [5.74, 6) is 0.378. The van der Waals surface area contributed by atoms with Crippen molar-refractivity contribution in [1.82, 2.24) is 4.90 Å². The Labute approximate surface area is 73.7 Å². The lowest BCUT2D eigenvalue weighted by Gasteiger charge is -2.21. The number of nitrogens with zero attached hydrogens (tertiary/aromatic N) is 1. The Morgan fingerprint density at radius 1 is 1.42 bits per heavy atom. The first-order valence-corrected chi connectivity index (χ1v) is 4.20. The number of rotatable bonds is 4. The van der Waals surface area contributed by atoms with Crippen LogP contribution in [0.3, 0.4) is 0 Å². The predicted octanol–water partition coefficient (Wildman–Crippen LogP) is 1.08. The summed E-state index contributed by atoms with van der Waals surface area (Å²) in [4.78, 5) is 23.1. The van der Waals surface area contributed by atoms with E-state index in [0.29, 0.717) is 12.3 Å². The van der Waals surface area contributed by atoms with Crippen LogP contribution in [0.4, 0.5) is 0 Å². The summed E-state index contributed by atoms with van der Waals surface area (Å²) >= 11 is 0. The van der Waals surface area contributed by atoms with Gasteiger partial charge in [0.05, 0.1) is 6.04 Å². The van der Waals surface area contributed by atoms with Gasteiger partial charge >= 0.3 is 0 Å². The van der Waals surface area contributed by atoms with Gasteiger partial charge in [-0.05, 0) is 12.8 Å². The molecule has 0 fully saturated rings. The minimum absolute atomic E-state index is 0.0320. The molecule has 0 aliphatic carbocycles. The zero-order valence-electron chi connectivity index (χ0n) is 8.20. The monoisotopic (exact) mass is 171 g/mol. The number of amides is 1. The number of hydrogen-bond donors (Lipinski definition) is 0. The van der Waals surface area contributed by atoms with E-state index in [9.17, 15) is 9.59 Å². The summed E-state index contributed by atoms with van der Waals surface area (Å²) in [6.45, 7) is 5.68. The topological polar surface area (TPSA) is 37.4 Å². The van der Waals surface area contributed by atoms with E-state index < -0.39 is 0 Å². The number of aldehydes is 1. The summed E-state index contributed by atoms with van der Waals surface area (Å²) in [5, 5.41) is 0. The second kappa shape index (κ2) is 4.91. The molecule has 70 valence electrons. The van der Waals surface area contributed by atoms with Gasteiger partial charge in [0, 0.05) is 13.5 Å². The SMILES string of the molecule is CC(C)CC(=O)N(C)C(C)C=O. The van der Waals surface area contributed by atoms with Crippen molar-refractivity contribution in [3.63, 3.8) is 0 Å². The molecule has 12 heavy (non-hydrogen) atoms. The molecule has 1 unspecified atom stereocenters. The normalized spacial score (nSPS) is 12.8. The molecule has 0 aromatic rings. The van der Waals surface area contributed by atoms with Crippen LogP contribution in [0.5, 0.6) is 0 Å². The molecule has 0 bridgehead atoms. The van der Waals surface area contributed by atoms with Gasteiger partial charge in [0.1, 0.15) is 6.29 Å². The van der Waals surface area contributed by atoms with Crippen LogP contribution < -0.4 is 0 Å². The highest BCUT2D eigenvalue weighted by Gasteiger charge is 2.15. The van der Waals surface area contributed by atoms with Crippen molar-refractivity contribution >= 4 is 12.2 Å². The maximum Gasteiger partial charge on any atom is 0.223 e. The van der Waals surface area contributed by atoms with Gasteiger partial charge in [0.25, 0.3) is 0 Å². The molecule has 0 radical (unpaired) electrons. The number of likely N-dealkylation sites (N-methyl/N-ethyl adjacent to an activating group) is 1. The highest BCUT2D eigenvalue weighted by atomic mass is 16.2. The van der Waals surface area contributed by atoms with Crippen molar-refractivity contribution in [2.75, 3.05) is 7.05 Å². The van der Waals surface area contributed by atoms with Crippen molar-refractivity contribution in [2.45, 2.75) is 33.2 Å². The first-order valence-electron chi connectivity index (χ1n) is 4.20. The molecule has 0 aliphatic heterocycles. The quantitative estimate of drug-likeness (QED) is 0.593. The lowest BCUT2D eigenvalue weighted by molar-refractivity contribution is -0.134. The van der Waals surface area contributed by atoms with Gasteiger partial charge in [-0.3, -0.25) is 4.79 Å². The molecule has 1 amide bonds. The summed E-state index contributed by atoms with van der Waals surface area (Å²) in [7, 11) is 1.66. The zero-order chi connectivity index (χ0) is 9.72. The lowest BCUT2D eigenvalue weighted by Crippen LogP contribution is -2.36. The van der Waals surface area contributed by atoms with Crippen molar-refractivity contribution < 1.29 is 9.59 Å². The Morgan fingerprint density at radius 3 is 2.25 bits per heavy atom. The van der Waals surface area contributed by atoms with Crippen LogP contribution >= 0.6 is 0 Å². The molecule has 3 heteroatoms. The van der Waals surface area contributed by atoms with E-state index in [1.807, 2.05) is 13.8 Å². The molecule has 0 aromatic heterocycles. The van der Waals surface area contributed by atoms with Crippen LogP contribution in [0.1, 0.15) is 27.2 Å².